The van der Waals surface area contributed by atoms with Crippen LogP contribution in [0.2, 0.25) is 4.34 Å². The van der Waals surface area contributed by atoms with Gasteiger partial charge in [-0.25, -0.2) is 4.79 Å². The van der Waals surface area contributed by atoms with Gasteiger partial charge in [0.05, 0.1) is 23.1 Å². The number of hydrogen-bond donors (Lipinski definition) is 0. The van der Waals surface area contributed by atoms with Crippen LogP contribution in [0.1, 0.15) is 15.2 Å². The number of nitriles is 1. The molecule has 4 nitrogen and oxygen atoms in total. The largest absolute Gasteiger partial charge is 0.493 e. The fourth-order valence-corrected chi connectivity index (χ4v) is 2.32. The Morgan fingerprint density at radius 2 is 2.11 bits per heavy atom. The molecule has 6 heteroatoms. The molecule has 2 rings (SSSR count). The quantitative estimate of drug-likeness (QED) is 0.642. The van der Waals surface area contributed by atoms with E-state index in [9.17, 15) is 4.79 Å². The summed E-state index contributed by atoms with van der Waals surface area (Å²) in [7, 11) is 1.44. The molecule has 0 spiro atoms. The van der Waals surface area contributed by atoms with Gasteiger partial charge in [0.2, 0.25) is 0 Å². The highest BCUT2D eigenvalue weighted by Crippen LogP contribution is 2.30. The van der Waals surface area contributed by atoms with Gasteiger partial charge in [0, 0.05) is 6.07 Å². The summed E-state index contributed by atoms with van der Waals surface area (Å²) in [5, 5.41) is 8.78. The maximum absolute atomic E-state index is 11.9. The van der Waals surface area contributed by atoms with E-state index in [0.29, 0.717) is 20.5 Å². The minimum atomic E-state index is -0.514. The molecule has 0 radical (unpaired) electrons. The van der Waals surface area contributed by atoms with Crippen molar-refractivity contribution in [3.63, 3.8) is 0 Å². The Kier molecular flexibility index (Phi) is 4.05. The maximum Gasteiger partial charge on any atom is 0.353 e. The Bertz CT molecular complexity index is 660. The van der Waals surface area contributed by atoms with Gasteiger partial charge in [0.15, 0.2) is 11.5 Å². The van der Waals surface area contributed by atoms with Gasteiger partial charge in [-0.05, 0) is 24.3 Å². The molecule has 0 fully saturated rings. The summed E-state index contributed by atoms with van der Waals surface area (Å²) in [5.41, 5.74) is 0.427. The molecular formula is C13H8ClNO3S. The van der Waals surface area contributed by atoms with Crippen LogP contribution in [-0.2, 0) is 0 Å². The standard InChI is InChI=1S/C13H8ClNO3S/c1-17-10-6-8(7-15)2-3-9(10)18-13(16)11-4-5-12(14)19-11/h2-6H,1H3. The van der Waals surface area contributed by atoms with Crippen molar-refractivity contribution in [1.29, 1.82) is 5.26 Å². The van der Waals surface area contributed by atoms with E-state index < -0.39 is 5.97 Å². The van der Waals surface area contributed by atoms with Gasteiger partial charge in [-0.15, -0.1) is 11.3 Å². The molecule has 0 bridgehead atoms. The highest BCUT2D eigenvalue weighted by atomic mass is 35.5. The lowest BCUT2D eigenvalue weighted by molar-refractivity contribution is 0.0735. The van der Waals surface area contributed by atoms with Crippen LogP contribution in [0.25, 0.3) is 0 Å². The zero-order chi connectivity index (χ0) is 13.8. The lowest BCUT2D eigenvalue weighted by atomic mass is 10.2. The molecule has 96 valence electrons. The maximum atomic E-state index is 11.9. The summed E-state index contributed by atoms with van der Waals surface area (Å²) >= 11 is 6.89. The molecule has 0 aliphatic carbocycles. The summed E-state index contributed by atoms with van der Waals surface area (Å²) < 4.78 is 10.8. The molecule has 1 aromatic carbocycles. The van der Waals surface area contributed by atoms with E-state index in [1.807, 2.05) is 6.07 Å². The normalized spacial score (nSPS) is 9.74. The van der Waals surface area contributed by atoms with Gasteiger partial charge in [-0.2, -0.15) is 5.26 Å². The predicted octanol–water partition coefficient (Wildman–Crippen LogP) is 3.50. The summed E-state index contributed by atoms with van der Waals surface area (Å²) in [6.45, 7) is 0. The molecule has 0 saturated heterocycles. The number of methoxy groups -OCH3 is 1. The van der Waals surface area contributed by atoms with Crippen LogP contribution in [0.4, 0.5) is 0 Å². The molecular weight excluding hydrogens is 286 g/mol. The number of halogens is 1. The molecule has 1 heterocycles. The molecule has 0 saturated carbocycles. The van der Waals surface area contributed by atoms with Crippen LogP contribution in [-0.4, -0.2) is 13.1 Å². The number of thiophene rings is 1. The van der Waals surface area contributed by atoms with Crippen LogP contribution in [0.5, 0.6) is 11.5 Å². The SMILES string of the molecule is COc1cc(C#N)ccc1OC(=O)c1ccc(Cl)s1. The van der Waals surface area contributed by atoms with Crippen molar-refractivity contribution < 1.29 is 14.3 Å². The Morgan fingerprint density at radius 1 is 1.32 bits per heavy atom. The van der Waals surface area contributed by atoms with Gasteiger partial charge in [-0.1, -0.05) is 11.6 Å². The first-order valence-corrected chi connectivity index (χ1v) is 6.39. The summed E-state index contributed by atoms with van der Waals surface area (Å²) in [6, 6.07) is 9.76. The van der Waals surface area contributed by atoms with Crippen LogP contribution in [0, 0.1) is 11.3 Å². The van der Waals surface area contributed by atoms with Crippen molar-refractivity contribution in [3.05, 3.63) is 45.1 Å². The van der Waals surface area contributed by atoms with Crippen molar-refractivity contribution in [2.24, 2.45) is 0 Å². The highest BCUT2D eigenvalue weighted by Gasteiger charge is 2.14. The van der Waals surface area contributed by atoms with E-state index >= 15 is 0 Å². The topological polar surface area (TPSA) is 59.3 Å². The van der Waals surface area contributed by atoms with Gasteiger partial charge >= 0.3 is 5.97 Å². The van der Waals surface area contributed by atoms with Gasteiger partial charge < -0.3 is 9.47 Å². The number of esters is 1. The first-order chi connectivity index (χ1) is 9.13. The van der Waals surface area contributed by atoms with Crippen LogP contribution in [0.15, 0.2) is 30.3 Å². The third kappa shape index (κ3) is 3.05. The first kappa shape index (κ1) is 13.4. The van der Waals surface area contributed by atoms with Crippen molar-refractivity contribution in [2.45, 2.75) is 0 Å². The van der Waals surface area contributed by atoms with Crippen molar-refractivity contribution in [2.75, 3.05) is 7.11 Å². The van der Waals surface area contributed by atoms with E-state index in [0.717, 1.165) is 11.3 Å². The molecule has 0 N–H and O–H groups in total. The lowest BCUT2D eigenvalue weighted by Gasteiger charge is -2.08. The minimum absolute atomic E-state index is 0.260. The molecule has 0 amide bonds. The van der Waals surface area contributed by atoms with E-state index in [2.05, 4.69) is 0 Å². The van der Waals surface area contributed by atoms with Crippen LogP contribution in [0.3, 0.4) is 0 Å². The zero-order valence-corrected chi connectivity index (χ0v) is 11.4. The Labute approximate surface area is 118 Å². The molecule has 0 aliphatic heterocycles. The monoisotopic (exact) mass is 293 g/mol. The van der Waals surface area contributed by atoms with Crippen molar-refractivity contribution in [3.8, 4) is 17.6 Å². The molecule has 0 unspecified atom stereocenters. The summed E-state index contributed by atoms with van der Waals surface area (Å²) in [4.78, 5) is 12.3. The summed E-state index contributed by atoms with van der Waals surface area (Å²) in [6.07, 6.45) is 0. The van der Waals surface area contributed by atoms with E-state index in [1.54, 1.807) is 18.2 Å². The second-order valence-electron chi connectivity index (χ2n) is 3.47. The molecule has 2 aromatic rings. The number of ether oxygens (including phenoxy) is 2. The van der Waals surface area contributed by atoms with Crippen molar-refractivity contribution >= 4 is 28.9 Å². The Balaban J connectivity index is 2.24. The number of carbonyl (C=O) groups is 1. The molecule has 1 aromatic heterocycles. The smallest absolute Gasteiger partial charge is 0.353 e. The first-order valence-electron chi connectivity index (χ1n) is 5.19. The second kappa shape index (κ2) is 5.74. The number of rotatable bonds is 3. The minimum Gasteiger partial charge on any atom is -0.493 e. The zero-order valence-electron chi connectivity index (χ0n) is 9.84. The van der Waals surface area contributed by atoms with E-state index in [4.69, 9.17) is 26.3 Å². The number of nitrogens with zero attached hydrogens (tertiary/aromatic N) is 1. The summed E-state index contributed by atoms with van der Waals surface area (Å²) in [5.74, 6) is 0.0750. The van der Waals surface area contributed by atoms with Crippen LogP contribution >= 0.6 is 22.9 Å². The van der Waals surface area contributed by atoms with E-state index in [1.165, 1.54) is 19.2 Å². The Hall–Kier alpha value is -2.03. The number of carbonyl (C=O) groups excluding carboxylic acids is 1. The van der Waals surface area contributed by atoms with Gasteiger partial charge in [0.25, 0.3) is 0 Å². The number of benzene rings is 1. The number of hydrogen-bond acceptors (Lipinski definition) is 5. The molecule has 0 aliphatic rings. The average molecular weight is 294 g/mol. The fourth-order valence-electron chi connectivity index (χ4n) is 1.40. The second-order valence-corrected chi connectivity index (χ2v) is 5.19. The van der Waals surface area contributed by atoms with Gasteiger partial charge in [0.1, 0.15) is 4.88 Å². The fraction of sp³-hybridized carbons (Fsp3) is 0.0769. The van der Waals surface area contributed by atoms with E-state index in [-0.39, 0.29) is 5.75 Å². The van der Waals surface area contributed by atoms with Crippen molar-refractivity contribution in [1.82, 2.24) is 0 Å². The average Bonchev–Trinajstić information content (AvgIpc) is 2.86. The van der Waals surface area contributed by atoms with Crippen LogP contribution < -0.4 is 9.47 Å². The third-order valence-corrected chi connectivity index (χ3v) is 3.48. The molecule has 0 atom stereocenters. The Morgan fingerprint density at radius 3 is 2.68 bits per heavy atom. The highest BCUT2D eigenvalue weighted by molar-refractivity contribution is 7.17. The lowest BCUT2D eigenvalue weighted by Crippen LogP contribution is -2.07. The predicted molar refractivity (Wildman–Crippen MR) is 72.0 cm³/mol. The molecule has 19 heavy (non-hydrogen) atoms. The third-order valence-electron chi connectivity index (χ3n) is 2.27. The van der Waals surface area contributed by atoms with Gasteiger partial charge in [-0.3, -0.25) is 0 Å².